The van der Waals surface area contributed by atoms with Crippen LogP contribution in [0.2, 0.25) is 0 Å². The predicted molar refractivity (Wildman–Crippen MR) is 54.2 cm³/mol. The summed E-state index contributed by atoms with van der Waals surface area (Å²) in [5, 5.41) is 0. The second kappa shape index (κ2) is 3.70. The van der Waals surface area contributed by atoms with E-state index in [9.17, 15) is 4.79 Å². The minimum Gasteiger partial charge on any atom is -0.465 e. The number of methoxy groups -OCH3 is 1. The van der Waals surface area contributed by atoms with Gasteiger partial charge in [-0.15, -0.1) is 12.6 Å². The smallest absolute Gasteiger partial charge is 0.338 e. The molecule has 3 nitrogen and oxygen atoms in total. The molecule has 0 aliphatic carbocycles. The van der Waals surface area contributed by atoms with Crippen LogP contribution in [0, 0.1) is 6.92 Å². The van der Waals surface area contributed by atoms with Crippen LogP contribution < -0.4 is 5.73 Å². The summed E-state index contributed by atoms with van der Waals surface area (Å²) in [6.45, 7) is 1.77. The van der Waals surface area contributed by atoms with Gasteiger partial charge in [0.25, 0.3) is 0 Å². The van der Waals surface area contributed by atoms with Gasteiger partial charge < -0.3 is 10.5 Å². The number of esters is 1. The van der Waals surface area contributed by atoms with Gasteiger partial charge in [0, 0.05) is 10.6 Å². The lowest BCUT2D eigenvalue weighted by Gasteiger charge is -2.07. The molecule has 0 radical (unpaired) electrons. The first-order valence-electron chi connectivity index (χ1n) is 3.73. The second-order valence-corrected chi connectivity index (χ2v) is 3.22. The molecule has 0 saturated heterocycles. The maximum absolute atomic E-state index is 11.2. The molecular weight excluding hydrogens is 186 g/mol. The number of thiol groups is 1. The van der Waals surface area contributed by atoms with Gasteiger partial charge >= 0.3 is 5.97 Å². The van der Waals surface area contributed by atoms with Crippen LogP contribution >= 0.6 is 12.6 Å². The Morgan fingerprint density at radius 1 is 1.54 bits per heavy atom. The molecule has 1 aromatic carbocycles. The zero-order valence-electron chi connectivity index (χ0n) is 7.50. The number of anilines is 1. The van der Waals surface area contributed by atoms with E-state index >= 15 is 0 Å². The maximum Gasteiger partial charge on any atom is 0.338 e. The van der Waals surface area contributed by atoms with Gasteiger partial charge in [-0.25, -0.2) is 4.79 Å². The van der Waals surface area contributed by atoms with E-state index in [1.807, 2.05) is 0 Å². The second-order valence-electron chi connectivity index (χ2n) is 2.70. The monoisotopic (exact) mass is 197 g/mol. The lowest BCUT2D eigenvalue weighted by molar-refractivity contribution is 0.0599. The quantitative estimate of drug-likeness (QED) is 0.409. The molecule has 0 saturated carbocycles. The summed E-state index contributed by atoms with van der Waals surface area (Å²) in [5.41, 5.74) is 7.40. The van der Waals surface area contributed by atoms with E-state index in [2.05, 4.69) is 17.4 Å². The summed E-state index contributed by atoms with van der Waals surface area (Å²) in [4.78, 5) is 11.9. The fraction of sp³-hybridized carbons (Fsp3) is 0.222. The minimum absolute atomic E-state index is 0.389. The van der Waals surface area contributed by atoms with Gasteiger partial charge in [-0.2, -0.15) is 0 Å². The Morgan fingerprint density at radius 2 is 2.15 bits per heavy atom. The van der Waals surface area contributed by atoms with Crippen LogP contribution in [0.4, 0.5) is 5.69 Å². The Kier molecular flexibility index (Phi) is 2.83. The normalized spacial score (nSPS) is 9.77. The molecule has 2 N–H and O–H groups in total. The summed E-state index contributed by atoms with van der Waals surface area (Å²) in [7, 11) is 1.34. The first kappa shape index (κ1) is 9.92. The molecule has 0 aromatic heterocycles. The van der Waals surface area contributed by atoms with Gasteiger partial charge in [-0.3, -0.25) is 0 Å². The van der Waals surface area contributed by atoms with E-state index in [-0.39, 0.29) is 5.97 Å². The average Bonchev–Trinajstić information content (AvgIpc) is 2.10. The standard InChI is InChI=1S/C9H11NO2S/c1-5-7(9(11)12-2)3-6(13)4-8(5)10/h3-4,13H,10H2,1-2H3. The van der Waals surface area contributed by atoms with Gasteiger partial charge in [0.15, 0.2) is 0 Å². The number of nitrogen functional groups attached to an aromatic ring is 1. The molecule has 0 fully saturated rings. The molecule has 0 amide bonds. The molecule has 0 unspecified atom stereocenters. The molecule has 4 heteroatoms. The van der Waals surface area contributed by atoms with Gasteiger partial charge in [0.1, 0.15) is 0 Å². The zero-order chi connectivity index (χ0) is 10.0. The fourth-order valence-corrected chi connectivity index (χ4v) is 1.31. The summed E-state index contributed by atoms with van der Waals surface area (Å²) in [6, 6.07) is 3.34. The first-order chi connectivity index (χ1) is 6.06. The number of ether oxygens (including phenoxy) is 1. The molecule has 0 atom stereocenters. The molecule has 0 spiro atoms. The highest BCUT2D eigenvalue weighted by atomic mass is 32.1. The van der Waals surface area contributed by atoms with E-state index < -0.39 is 0 Å². The Morgan fingerprint density at radius 3 is 2.69 bits per heavy atom. The molecule has 0 heterocycles. The third kappa shape index (κ3) is 1.95. The fourth-order valence-electron chi connectivity index (χ4n) is 1.04. The molecule has 0 aliphatic heterocycles. The predicted octanol–water partition coefficient (Wildman–Crippen LogP) is 1.65. The van der Waals surface area contributed by atoms with Gasteiger partial charge in [0.05, 0.1) is 12.7 Å². The number of nitrogens with two attached hydrogens (primary N) is 1. The summed E-state index contributed by atoms with van der Waals surface area (Å²) in [6.07, 6.45) is 0. The molecule has 13 heavy (non-hydrogen) atoms. The maximum atomic E-state index is 11.2. The van der Waals surface area contributed by atoms with E-state index in [0.29, 0.717) is 16.1 Å². The number of hydrogen-bond acceptors (Lipinski definition) is 4. The average molecular weight is 197 g/mol. The van der Waals surface area contributed by atoms with Crippen molar-refractivity contribution in [3.8, 4) is 0 Å². The highest BCUT2D eigenvalue weighted by Gasteiger charge is 2.11. The number of carbonyl (C=O) groups excluding carboxylic acids is 1. The third-order valence-electron chi connectivity index (χ3n) is 1.84. The van der Waals surface area contributed by atoms with Crippen LogP contribution in [0.1, 0.15) is 15.9 Å². The summed E-state index contributed by atoms with van der Waals surface area (Å²) < 4.78 is 4.60. The Bertz CT molecular complexity index is 350. The van der Waals surface area contributed by atoms with Crippen molar-refractivity contribution in [1.29, 1.82) is 0 Å². The minimum atomic E-state index is -0.389. The first-order valence-corrected chi connectivity index (χ1v) is 4.18. The van der Waals surface area contributed by atoms with Crippen LogP contribution in [-0.4, -0.2) is 13.1 Å². The zero-order valence-corrected chi connectivity index (χ0v) is 8.39. The van der Waals surface area contributed by atoms with E-state index in [0.717, 1.165) is 5.56 Å². The highest BCUT2D eigenvalue weighted by Crippen LogP contribution is 2.21. The molecular formula is C9H11NO2S. The van der Waals surface area contributed by atoms with Gasteiger partial charge in [-0.1, -0.05) is 0 Å². The van der Waals surface area contributed by atoms with Crippen LogP contribution in [0.5, 0.6) is 0 Å². The van der Waals surface area contributed by atoms with Crippen molar-refractivity contribution in [3.63, 3.8) is 0 Å². The van der Waals surface area contributed by atoms with Crippen molar-refractivity contribution >= 4 is 24.3 Å². The van der Waals surface area contributed by atoms with Crippen molar-refractivity contribution in [2.75, 3.05) is 12.8 Å². The summed E-state index contributed by atoms with van der Waals surface area (Å²) >= 11 is 4.12. The third-order valence-corrected chi connectivity index (χ3v) is 2.10. The molecule has 70 valence electrons. The highest BCUT2D eigenvalue weighted by molar-refractivity contribution is 7.80. The van der Waals surface area contributed by atoms with Crippen molar-refractivity contribution in [1.82, 2.24) is 0 Å². The molecule has 1 aromatic rings. The van der Waals surface area contributed by atoms with Crippen LogP contribution in [0.25, 0.3) is 0 Å². The Balaban J connectivity index is 3.28. The van der Waals surface area contributed by atoms with E-state index in [1.54, 1.807) is 19.1 Å². The van der Waals surface area contributed by atoms with Gasteiger partial charge in [-0.05, 0) is 24.6 Å². The van der Waals surface area contributed by atoms with Crippen LogP contribution in [-0.2, 0) is 4.74 Å². The number of carbonyl (C=O) groups is 1. The van der Waals surface area contributed by atoms with Crippen LogP contribution in [0.15, 0.2) is 17.0 Å². The lowest BCUT2D eigenvalue weighted by atomic mass is 10.1. The largest absolute Gasteiger partial charge is 0.465 e. The van der Waals surface area contributed by atoms with Gasteiger partial charge in [0.2, 0.25) is 0 Å². The number of benzene rings is 1. The number of hydrogen-bond donors (Lipinski definition) is 2. The van der Waals surface area contributed by atoms with Crippen molar-refractivity contribution in [3.05, 3.63) is 23.3 Å². The summed E-state index contributed by atoms with van der Waals surface area (Å²) in [5.74, 6) is -0.389. The van der Waals surface area contributed by atoms with Crippen LogP contribution in [0.3, 0.4) is 0 Å². The van der Waals surface area contributed by atoms with Crippen molar-refractivity contribution in [2.45, 2.75) is 11.8 Å². The Labute approximate surface area is 82.3 Å². The number of rotatable bonds is 1. The van der Waals surface area contributed by atoms with Crippen molar-refractivity contribution in [2.24, 2.45) is 0 Å². The van der Waals surface area contributed by atoms with Crippen molar-refractivity contribution < 1.29 is 9.53 Å². The molecule has 0 aliphatic rings. The topological polar surface area (TPSA) is 52.3 Å². The lowest BCUT2D eigenvalue weighted by Crippen LogP contribution is -2.05. The SMILES string of the molecule is COC(=O)c1cc(S)cc(N)c1C. The van der Waals surface area contributed by atoms with E-state index in [4.69, 9.17) is 5.73 Å². The molecule has 0 bridgehead atoms. The van der Waals surface area contributed by atoms with E-state index in [1.165, 1.54) is 7.11 Å². The molecule has 1 rings (SSSR count). The Hall–Kier alpha value is -1.16.